The van der Waals surface area contributed by atoms with E-state index >= 15 is 0 Å². The van der Waals surface area contributed by atoms with E-state index in [-0.39, 0.29) is 0 Å². The summed E-state index contributed by atoms with van der Waals surface area (Å²) in [5.41, 5.74) is 4.33. The topological polar surface area (TPSA) is 60.8 Å². The first-order valence-electron chi connectivity index (χ1n) is 9.29. The van der Waals surface area contributed by atoms with E-state index in [2.05, 4.69) is 48.2 Å². The van der Waals surface area contributed by atoms with E-state index in [1.165, 1.54) is 0 Å². The molecule has 0 bridgehead atoms. The van der Waals surface area contributed by atoms with Crippen LogP contribution in [0.3, 0.4) is 0 Å². The minimum atomic E-state index is -0.581. The molecule has 0 amide bonds. The number of aliphatic hydroxyl groups is 1. The van der Waals surface area contributed by atoms with Gasteiger partial charge in [-0.3, -0.25) is 4.99 Å². The van der Waals surface area contributed by atoms with E-state index in [0.717, 1.165) is 47.0 Å². The van der Waals surface area contributed by atoms with E-state index in [1.54, 1.807) is 0 Å². The number of rotatable bonds is 4. The van der Waals surface area contributed by atoms with Crippen molar-refractivity contribution in [3.8, 4) is 0 Å². The van der Waals surface area contributed by atoms with Crippen molar-refractivity contribution in [1.29, 1.82) is 0 Å². The van der Waals surface area contributed by atoms with Crippen LogP contribution >= 0.6 is 0 Å². The number of likely N-dealkylation sites (N-methyl/N-ethyl adjacent to an activating group) is 1. The maximum absolute atomic E-state index is 10.8. The maximum atomic E-state index is 10.8. The Morgan fingerprint density at radius 1 is 1.31 bits per heavy atom. The van der Waals surface area contributed by atoms with Crippen LogP contribution < -0.4 is 5.32 Å². The van der Waals surface area contributed by atoms with Gasteiger partial charge >= 0.3 is 0 Å². The summed E-state index contributed by atoms with van der Waals surface area (Å²) in [6.07, 6.45) is 8.41. The molecule has 0 radical (unpaired) electrons. The maximum Gasteiger partial charge on any atom is 0.149 e. The Morgan fingerprint density at radius 3 is 2.77 bits per heavy atom. The molecule has 5 heteroatoms. The monoisotopic (exact) mass is 352 g/mol. The predicted molar refractivity (Wildman–Crippen MR) is 107 cm³/mol. The van der Waals surface area contributed by atoms with Gasteiger partial charge in [-0.05, 0) is 55.0 Å². The third-order valence-corrected chi connectivity index (χ3v) is 4.57. The summed E-state index contributed by atoms with van der Waals surface area (Å²) >= 11 is 0. The Balaban J connectivity index is 1.89. The van der Waals surface area contributed by atoms with E-state index < -0.39 is 6.23 Å². The normalized spacial score (nSPS) is 19.9. The Bertz CT molecular complexity index is 772. The molecule has 26 heavy (non-hydrogen) atoms. The third kappa shape index (κ3) is 4.05. The number of nitrogens with one attached hydrogen (secondary N) is 1. The summed E-state index contributed by atoms with van der Waals surface area (Å²) < 4.78 is 0. The van der Waals surface area contributed by atoms with Crippen LogP contribution in [0, 0.1) is 12.8 Å². The summed E-state index contributed by atoms with van der Waals surface area (Å²) in [6, 6.07) is 3.97. The van der Waals surface area contributed by atoms with E-state index in [0.29, 0.717) is 12.5 Å². The summed E-state index contributed by atoms with van der Waals surface area (Å²) in [4.78, 5) is 11.0. The number of aromatic nitrogens is 1. The van der Waals surface area contributed by atoms with Crippen LogP contribution in [-0.4, -0.2) is 40.1 Å². The first-order chi connectivity index (χ1) is 12.5. The van der Waals surface area contributed by atoms with Gasteiger partial charge in [-0.1, -0.05) is 26.0 Å². The molecule has 2 aliphatic rings. The molecular weight excluding hydrogens is 324 g/mol. The summed E-state index contributed by atoms with van der Waals surface area (Å²) in [6.45, 7) is 9.77. The van der Waals surface area contributed by atoms with E-state index in [9.17, 15) is 5.11 Å². The fraction of sp³-hybridized carbons (Fsp3) is 0.429. The van der Waals surface area contributed by atoms with Crippen molar-refractivity contribution in [3.63, 3.8) is 0 Å². The van der Waals surface area contributed by atoms with Crippen molar-refractivity contribution < 1.29 is 5.11 Å². The Hall–Kier alpha value is -2.40. The van der Waals surface area contributed by atoms with Crippen molar-refractivity contribution >= 4 is 11.7 Å². The predicted octanol–water partition coefficient (Wildman–Crippen LogP) is 3.65. The molecule has 0 saturated heterocycles. The molecule has 2 aliphatic heterocycles. The molecule has 3 heterocycles. The SMILES string of the molecule is CCN1C2=CC(Nc3ccc(C)cn3)=NCC=C2C=C(CC(C)C)C1O. The number of nitrogens with zero attached hydrogens (tertiary/aromatic N) is 3. The highest BCUT2D eigenvalue weighted by molar-refractivity contribution is 6.04. The minimum Gasteiger partial charge on any atom is -0.370 e. The van der Waals surface area contributed by atoms with Crippen molar-refractivity contribution in [1.82, 2.24) is 9.88 Å². The number of aryl methyl sites for hydroxylation is 1. The van der Waals surface area contributed by atoms with Crippen LogP contribution in [0.1, 0.15) is 32.8 Å². The summed E-state index contributed by atoms with van der Waals surface area (Å²) in [5.74, 6) is 2.03. The molecule has 0 aromatic carbocycles. The average Bonchev–Trinajstić information content (AvgIpc) is 2.79. The molecule has 1 aromatic heterocycles. The average molecular weight is 352 g/mol. The molecule has 138 valence electrons. The highest BCUT2D eigenvalue weighted by atomic mass is 16.3. The lowest BCUT2D eigenvalue weighted by Gasteiger charge is -2.37. The zero-order chi connectivity index (χ0) is 18.7. The summed E-state index contributed by atoms with van der Waals surface area (Å²) in [7, 11) is 0. The van der Waals surface area contributed by atoms with Gasteiger partial charge in [0.25, 0.3) is 0 Å². The van der Waals surface area contributed by atoms with Gasteiger partial charge in [-0.2, -0.15) is 0 Å². The van der Waals surface area contributed by atoms with Gasteiger partial charge in [0, 0.05) is 24.5 Å². The Morgan fingerprint density at radius 2 is 2.12 bits per heavy atom. The Kier molecular flexibility index (Phi) is 5.57. The molecule has 0 saturated carbocycles. The first kappa shape index (κ1) is 18.4. The number of amidine groups is 1. The number of fused-ring (bicyclic) bond motifs is 1. The van der Waals surface area contributed by atoms with Gasteiger partial charge < -0.3 is 15.3 Å². The van der Waals surface area contributed by atoms with Gasteiger partial charge in [-0.25, -0.2) is 4.98 Å². The molecule has 3 rings (SSSR count). The smallest absolute Gasteiger partial charge is 0.149 e. The van der Waals surface area contributed by atoms with Crippen molar-refractivity contribution in [3.05, 3.63) is 59.0 Å². The number of aliphatic imine (C=N–C) groups is 1. The van der Waals surface area contributed by atoms with Crippen LogP contribution in [-0.2, 0) is 0 Å². The zero-order valence-corrected chi connectivity index (χ0v) is 16.0. The molecule has 1 unspecified atom stereocenters. The summed E-state index contributed by atoms with van der Waals surface area (Å²) in [5, 5.41) is 14.1. The number of anilines is 1. The molecule has 0 fully saturated rings. The quantitative estimate of drug-likeness (QED) is 0.868. The number of hydrogen-bond acceptors (Lipinski definition) is 5. The van der Waals surface area contributed by atoms with Crippen LogP contribution in [0.4, 0.5) is 5.82 Å². The first-order valence-corrected chi connectivity index (χ1v) is 9.29. The van der Waals surface area contributed by atoms with E-state index in [4.69, 9.17) is 0 Å². The van der Waals surface area contributed by atoms with Gasteiger partial charge in [0.05, 0.1) is 6.54 Å². The number of hydrogen-bond donors (Lipinski definition) is 2. The van der Waals surface area contributed by atoms with Gasteiger partial charge in [0.1, 0.15) is 17.9 Å². The molecule has 1 aromatic rings. The molecule has 2 N–H and O–H groups in total. The Labute approximate surface area is 155 Å². The highest BCUT2D eigenvalue weighted by Gasteiger charge is 2.28. The molecular formula is C21H28N4O. The van der Waals surface area contributed by atoms with Crippen molar-refractivity contribution in [2.45, 2.75) is 40.3 Å². The fourth-order valence-electron chi connectivity index (χ4n) is 3.32. The van der Waals surface area contributed by atoms with Gasteiger partial charge in [0.15, 0.2) is 0 Å². The lowest BCUT2D eigenvalue weighted by Crippen LogP contribution is -2.39. The van der Waals surface area contributed by atoms with Crippen molar-refractivity contribution in [2.24, 2.45) is 10.9 Å². The standard InChI is InChI=1S/C21H28N4O/c1-5-25-18-12-20(24-19-7-6-15(4)13-23-19)22-9-8-16(18)11-17(21(25)26)10-14(2)3/h6-8,11-14,21,26H,5,9-10H2,1-4H3,(H,22,23,24). The van der Waals surface area contributed by atoms with Gasteiger partial charge in [0.2, 0.25) is 0 Å². The molecule has 1 atom stereocenters. The lowest BCUT2D eigenvalue weighted by molar-refractivity contribution is 0.0571. The highest BCUT2D eigenvalue weighted by Crippen LogP contribution is 2.32. The van der Waals surface area contributed by atoms with Gasteiger partial charge in [-0.15, -0.1) is 0 Å². The zero-order valence-electron chi connectivity index (χ0n) is 16.0. The second kappa shape index (κ2) is 7.87. The number of aliphatic hydroxyl groups excluding tert-OH is 1. The lowest BCUT2D eigenvalue weighted by atomic mass is 9.93. The molecule has 5 nitrogen and oxygen atoms in total. The van der Waals surface area contributed by atoms with Crippen LogP contribution in [0.25, 0.3) is 0 Å². The fourth-order valence-corrected chi connectivity index (χ4v) is 3.32. The van der Waals surface area contributed by atoms with Crippen molar-refractivity contribution in [2.75, 3.05) is 18.4 Å². The third-order valence-electron chi connectivity index (χ3n) is 4.57. The van der Waals surface area contributed by atoms with Crippen LogP contribution in [0.2, 0.25) is 0 Å². The molecule has 0 aliphatic carbocycles. The largest absolute Gasteiger partial charge is 0.370 e. The molecule has 0 spiro atoms. The number of pyridine rings is 1. The van der Waals surface area contributed by atoms with Crippen LogP contribution in [0.15, 0.2) is 58.4 Å². The van der Waals surface area contributed by atoms with E-state index in [1.807, 2.05) is 36.2 Å². The second-order valence-electron chi connectivity index (χ2n) is 7.24. The van der Waals surface area contributed by atoms with Crippen LogP contribution in [0.5, 0.6) is 0 Å². The second-order valence-corrected chi connectivity index (χ2v) is 7.24. The minimum absolute atomic E-state index is 0.507. The number of allylic oxidation sites excluding steroid dienone is 1.